The number of sulfonamides is 1. The van der Waals surface area contributed by atoms with E-state index in [4.69, 9.17) is 9.47 Å². The number of aromatic nitrogens is 1. The van der Waals surface area contributed by atoms with E-state index in [1.54, 1.807) is 14.2 Å². The fraction of sp³-hybridized carbons (Fsp3) is 0.417. The largest absolute Gasteiger partial charge is 0.495 e. The van der Waals surface area contributed by atoms with Crippen LogP contribution in [0.15, 0.2) is 52.4 Å². The number of benzene rings is 2. The predicted molar refractivity (Wildman–Crippen MR) is 132 cm³/mol. The molecule has 2 aromatic carbocycles. The van der Waals surface area contributed by atoms with E-state index in [9.17, 15) is 13.2 Å². The van der Waals surface area contributed by atoms with E-state index in [2.05, 4.69) is 11.9 Å². The standard InChI is InChI=1S/C24H29N3O5S2/c1-17-6-5-13-26(16-17)34(29,30)19-11-9-18(10-12-19)23(28)25-24-27(14-15-31-2)22-20(32-3)7-4-8-21(22)33-24/h4,7-12,17H,5-6,13-16H2,1-3H3. The van der Waals surface area contributed by atoms with E-state index in [0.29, 0.717) is 48.3 Å². The quantitative estimate of drug-likeness (QED) is 0.492. The third-order valence-corrected chi connectivity index (χ3v) is 8.88. The van der Waals surface area contributed by atoms with Crippen LogP contribution in [0.3, 0.4) is 0 Å². The number of thiazole rings is 1. The molecule has 0 spiro atoms. The second-order valence-electron chi connectivity index (χ2n) is 8.39. The summed E-state index contributed by atoms with van der Waals surface area (Å²) in [6, 6.07) is 11.8. The number of hydrogen-bond donors (Lipinski definition) is 0. The minimum Gasteiger partial charge on any atom is -0.495 e. The molecule has 182 valence electrons. The Morgan fingerprint density at radius 3 is 2.62 bits per heavy atom. The van der Waals surface area contributed by atoms with Crippen LogP contribution in [0.4, 0.5) is 0 Å². The number of piperidine rings is 1. The van der Waals surface area contributed by atoms with Gasteiger partial charge in [0.2, 0.25) is 10.0 Å². The Balaban J connectivity index is 1.66. The third-order valence-electron chi connectivity index (χ3n) is 5.96. The molecule has 4 rings (SSSR count). The van der Waals surface area contributed by atoms with E-state index in [0.717, 1.165) is 23.1 Å². The van der Waals surface area contributed by atoms with Crippen molar-refractivity contribution in [3.63, 3.8) is 0 Å². The summed E-state index contributed by atoms with van der Waals surface area (Å²) < 4.78 is 41.1. The summed E-state index contributed by atoms with van der Waals surface area (Å²) in [5.74, 6) is 0.598. The Morgan fingerprint density at radius 1 is 1.18 bits per heavy atom. The lowest BCUT2D eigenvalue weighted by Gasteiger charge is -2.30. The number of methoxy groups -OCH3 is 2. The number of carbonyl (C=O) groups excluding carboxylic acids is 1. The summed E-state index contributed by atoms with van der Waals surface area (Å²) in [6.45, 7) is 4.07. The molecule has 1 aliphatic rings. The first-order chi connectivity index (χ1) is 16.3. The maximum absolute atomic E-state index is 13.0. The number of nitrogens with zero attached hydrogens (tertiary/aromatic N) is 3. The zero-order valence-corrected chi connectivity index (χ0v) is 21.2. The molecular weight excluding hydrogens is 474 g/mol. The number of rotatable bonds is 7. The SMILES string of the molecule is COCCn1c(=NC(=O)c2ccc(S(=O)(=O)N3CCCC(C)C3)cc2)sc2cccc(OC)c21. The molecule has 1 amide bonds. The van der Waals surface area contributed by atoms with Crippen molar-refractivity contribution < 1.29 is 22.7 Å². The molecule has 1 fully saturated rings. The van der Waals surface area contributed by atoms with E-state index >= 15 is 0 Å². The van der Waals surface area contributed by atoms with Crippen LogP contribution in [-0.2, 0) is 21.3 Å². The first kappa shape index (κ1) is 24.6. The monoisotopic (exact) mass is 503 g/mol. The van der Waals surface area contributed by atoms with Crippen molar-refractivity contribution in [1.29, 1.82) is 0 Å². The molecule has 1 aliphatic heterocycles. The highest BCUT2D eigenvalue weighted by Crippen LogP contribution is 2.27. The first-order valence-electron chi connectivity index (χ1n) is 11.2. The normalized spacial score (nSPS) is 17.9. The van der Waals surface area contributed by atoms with Crippen molar-refractivity contribution in [2.24, 2.45) is 10.9 Å². The molecule has 2 heterocycles. The van der Waals surface area contributed by atoms with Crippen LogP contribution in [-0.4, -0.2) is 57.1 Å². The number of ether oxygens (including phenoxy) is 2. The Labute approximate surface area is 203 Å². The highest BCUT2D eigenvalue weighted by Gasteiger charge is 2.28. The molecule has 1 aromatic heterocycles. The van der Waals surface area contributed by atoms with Crippen LogP contribution < -0.4 is 9.54 Å². The van der Waals surface area contributed by atoms with Crippen molar-refractivity contribution in [1.82, 2.24) is 8.87 Å². The molecule has 0 aliphatic carbocycles. The van der Waals surface area contributed by atoms with Gasteiger partial charge in [0.15, 0.2) is 4.80 Å². The van der Waals surface area contributed by atoms with Crippen molar-refractivity contribution in [3.8, 4) is 5.75 Å². The Kier molecular flexibility index (Phi) is 7.51. The maximum Gasteiger partial charge on any atom is 0.279 e. The molecule has 1 unspecified atom stereocenters. The fourth-order valence-corrected chi connectivity index (χ4v) is 6.84. The van der Waals surface area contributed by atoms with Crippen LogP contribution in [0.5, 0.6) is 5.75 Å². The lowest BCUT2D eigenvalue weighted by atomic mass is 10.0. The lowest BCUT2D eigenvalue weighted by molar-refractivity contribution is 0.0997. The van der Waals surface area contributed by atoms with Crippen molar-refractivity contribution in [2.75, 3.05) is 33.9 Å². The zero-order valence-electron chi connectivity index (χ0n) is 19.6. The van der Waals surface area contributed by atoms with Gasteiger partial charge in [-0.15, -0.1) is 0 Å². The summed E-state index contributed by atoms with van der Waals surface area (Å²) in [7, 11) is -0.351. The van der Waals surface area contributed by atoms with Gasteiger partial charge in [-0.3, -0.25) is 4.79 Å². The van der Waals surface area contributed by atoms with Gasteiger partial charge in [0.1, 0.15) is 11.3 Å². The summed E-state index contributed by atoms with van der Waals surface area (Å²) in [5, 5.41) is 0. The summed E-state index contributed by atoms with van der Waals surface area (Å²) >= 11 is 1.39. The van der Waals surface area contributed by atoms with Gasteiger partial charge in [-0.05, 0) is 55.2 Å². The van der Waals surface area contributed by atoms with Crippen LogP contribution in [0, 0.1) is 5.92 Å². The molecule has 0 N–H and O–H groups in total. The smallest absolute Gasteiger partial charge is 0.279 e. The highest BCUT2D eigenvalue weighted by atomic mass is 32.2. The van der Waals surface area contributed by atoms with Gasteiger partial charge in [0, 0.05) is 32.3 Å². The number of carbonyl (C=O) groups is 1. The summed E-state index contributed by atoms with van der Waals surface area (Å²) in [4.78, 5) is 18.1. The van der Waals surface area contributed by atoms with E-state index in [-0.39, 0.29) is 4.90 Å². The van der Waals surface area contributed by atoms with Gasteiger partial charge in [-0.1, -0.05) is 24.3 Å². The molecule has 0 bridgehead atoms. The van der Waals surface area contributed by atoms with Crippen molar-refractivity contribution in [3.05, 3.63) is 52.8 Å². The Bertz CT molecular complexity index is 1340. The maximum atomic E-state index is 13.0. The van der Waals surface area contributed by atoms with Gasteiger partial charge in [0.05, 0.1) is 23.3 Å². The molecule has 0 radical (unpaired) electrons. The second-order valence-corrected chi connectivity index (χ2v) is 11.3. The number of hydrogen-bond acceptors (Lipinski definition) is 6. The van der Waals surface area contributed by atoms with Crippen LogP contribution in [0.2, 0.25) is 0 Å². The summed E-state index contributed by atoms with van der Waals surface area (Å²) in [6.07, 6.45) is 1.90. The highest BCUT2D eigenvalue weighted by molar-refractivity contribution is 7.89. The minimum atomic E-state index is -3.58. The zero-order chi connectivity index (χ0) is 24.3. The van der Waals surface area contributed by atoms with E-state index in [1.807, 2.05) is 22.8 Å². The van der Waals surface area contributed by atoms with Gasteiger partial charge in [-0.25, -0.2) is 8.42 Å². The third kappa shape index (κ3) is 4.95. The number of amides is 1. The van der Waals surface area contributed by atoms with Gasteiger partial charge < -0.3 is 14.0 Å². The Hall–Kier alpha value is -2.53. The van der Waals surface area contributed by atoms with Crippen molar-refractivity contribution >= 4 is 37.5 Å². The van der Waals surface area contributed by atoms with Crippen LogP contribution >= 0.6 is 11.3 Å². The van der Waals surface area contributed by atoms with Gasteiger partial charge in [0.25, 0.3) is 5.91 Å². The molecule has 8 nitrogen and oxygen atoms in total. The van der Waals surface area contributed by atoms with Crippen LogP contribution in [0.25, 0.3) is 10.2 Å². The molecule has 1 atom stereocenters. The van der Waals surface area contributed by atoms with Gasteiger partial charge >= 0.3 is 0 Å². The molecule has 3 aromatic rings. The summed E-state index contributed by atoms with van der Waals surface area (Å²) in [5.41, 5.74) is 1.18. The van der Waals surface area contributed by atoms with Crippen LogP contribution in [0.1, 0.15) is 30.1 Å². The van der Waals surface area contributed by atoms with E-state index in [1.165, 1.54) is 39.9 Å². The average molecular weight is 504 g/mol. The molecular formula is C24H29N3O5S2. The van der Waals surface area contributed by atoms with Gasteiger partial charge in [-0.2, -0.15) is 9.30 Å². The van der Waals surface area contributed by atoms with Crippen molar-refractivity contribution in [2.45, 2.75) is 31.2 Å². The second kappa shape index (κ2) is 10.4. The topological polar surface area (TPSA) is 90.2 Å². The lowest BCUT2D eigenvalue weighted by Crippen LogP contribution is -2.39. The van der Waals surface area contributed by atoms with E-state index < -0.39 is 15.9 Å². The average Bonchev–Trinajstić information content (AvgIpc) is 3.19. The molecule has 1 saturated heterocycles. The molecule has 34 heavy (non-hydrogen) atoms. The first-order valence-corrected chi connectivity index (χ1v) is 13.5. The Morgan fingerprint density at radius 2 is 1.94 bits per heavy atom. The molecule has 10 heteroatoms. The predicted octanol–water partition coefficient (Wildman–Crippen LogP) is 3.52. The number of fused-ring (bicyclic) bond motifs is 1. The number of para-hydroxylation sites is 1. The molecule has 0 saturated carbocycles. The minimum absolute atomic E-state index is 0.194. The fourth-order valence-electron chi connectivity index (χ4n) is 4.17.